The number of aryl methyl sites for hydroxylation is 3. The van der Waals surface area contributed by atoms with Gasteiger partial charge >= 0.3 is 5.69 Å². The fourth-order valence-corrected chi connectivity index (χ4v) is 5.36. The second-order valence-electron chi connectivity index (χ2n) is 9.68. The topological polar surface area (TPSA) is 82.9 Å². The summed E-state index contributed by atoms with van der Waals surface area (Å²) in [5.41, 5.74) is 3.11. The van der Waals surface area contributed by atoms with E-state index in [0.717, 1.165) is 12.1 Å². The van der Waals surface area contributed by atoms with Gasteiger partial charge in [-0.05, 0) is 56.2 Å². The number of aromatic nitrogens is 6. The normalized spacial score (nSPS) is 15.3. The van der Waals surface area contributed by atoms with Crippen LogP contribution in [-0.4, -0.2) is 46.5 Å². The van der Waals surface area contributed by atoms with Gasteiger partial charge in [-0.25, -0.2) is 18.3 Å². The van der Waals surface area contributed by atoms with Crippen LogP contribution in [0.3, 0.4) is 0 Å². The van der Waals surface area contributed by atoms with Crippen molar-refractivity contribution < 1.29 is 13.6 Å². The molecule has 2 aromatic carbocycles. The molecule has 194 valence electrons. The van der Waals surface area contributed by atoms with Gasteiger partial charge in [0.1, 0.15) is 11.6 Å². The summed E-state index contributed by atoms with van der Waals surface area (Å²) in [7, 11) is 1.72. The minimum Gasteiger partial charge on any atom is -0.338 e. The van der Waals surface area contributed by atoms with Gasteiger partial charge in [-0.2, -0.15) is 10.2 Å². The molecular weight excluding hydrogens is 492 g/mol. The highest BCUT2D eigenvalue weighted by Crippen LogP contribution is 2.35. The van der Waals surface area contributed by atoms with E-state index < -0.39 is 11.5 Å². The van der Waals surface area contributed by atoms with Crippen molar-refractivity contribution in [2.75, 3.05) is 6.54 Å². The third-order valence-electron chi connectivity index (χ3n) is 7.41. The van der Waals surface area contributed by atoms with Gasteiger partial charge in [0.15, 0.2) is 5.82 Å². The molecule has 1 amide bonds. The summed E-state index contributed by atoms with van der Waals surface area (Å²) in [6.45, 7) is 5.71. The third kappa shape index (κ3) is 3.34. The molecule has 9 nitrogen and oxygen atoms in total. The van der Waals surface area contributed by atoms with E-state index in [0.29, 0.717) is 52.1 Å². The molecule has 0 bridgehead atoms. The second kappa shape index (κ2) is 8.51. The van der Waals surface area contributed by atoms with Crippen molar-refractivity contribution in [2.45, 2.75) is 33.2 Å². The van der Waals surface area contributed by atoms with Gasteiger partial charge in [-0.3, -0.25) is 18.6 Å². The van der Waals surface area contributed by atoms with Crippen LogP contribution in [0, 0.1) is 25.5 Å². The van der Waals surface area contributed by atoms with E-state index in [1.165, 1.54) is 21.5 Å². The maximum atomic E-state index is 15.5. The summed E-state index contributed by atoms with van der Waals surface area (Å²) in [4.78, 5) is 27.3. The largest absolute Gasteiger partial charge is 0.338 e. The number of carbonyl (C=O) groups is 1. The third-order valence-corrected chi connectivity index (χ3v) is 7.41. The molecule has 1 atom stereocenters. The van der Waals surface area contributed by atoms with E-state index >= 15 is 4.39 Å². The Balaban J connectivity index is 1.60. The lowest BCUT2D eigenvalue weighted by Crippen LogP contribution is -2.33. The smallest absolute Gasteiger partial charge is 0.338 e. The average molecular weight is 518 g/mol. The number of amides is 1. The minimum atomic E-state index is -0.559. The molecule has 38 heavy (non-hydrogen) atoms. The van der Waals surface area contributed by atoms with E-state index in [9.17, 15) is 14.0 Å². The Bertz CT molecular complexity index is 1790. The summed E-state index contributed by atoms with van der Waals surface area (Å²) in [6, 6.07) is 6.24. The molecular formula is C27H25F2N7O2. The lowest BCUT2D eigenvalue weighted by Gasteiger charge is -2.30. The highest BCUT2D eigenvalue weighted by Gasteiger charge is 2.32. The first-order chi connectivity index (χ1) is 18.2. The number of halogens is 2. The molecule has 1 unspecified atom stereocenters. The molecule has 0 aliphatic carbocycles. The number of fused-ring (bicyclic) bond motifs is 2. The van der Waals surface area contributed by atoms with Gasteiger partial charge in [0.2, 0.25) is 6.41 Å². The lowest BCUT2D eigenvalue weighted by atomic mass is 10.00. The zero-order chi connectivity index (χ0) is 26.9. The maximum absolute atomic E-state index is 15.5. The molecule has 0 radical (unpaired) electrons. The highest BCUT2D eigenvalue weighted by molar-refractivity contribution is 5.81. The molecule has 0 fully saturated rings. The summed E-state index contributed by atoms with van der Waals surface area (Å²) < 4.78 is 35.8. The predicted molar refractivity (Wildman–Crippen MR) is 137 cm³/mol. The number of carbonyl (C=O) groups excluding carboxylic acids is 1. The quantitative estimate of drug-likeness (QED) is 0.341. The molecule has 0 N–H and O–H groups in total. The molecule has 1 aliphatic rings. The molecule has 3 aromatic heterocycles. The number of benzene rings is 2. The summed E-state index contributed by atoms with van der Waals surface area (Å²) in [5, 5.41) is 9.22. The first-order valence-electron chi connectivity index (χ1n) is 12.2. The van der Waals surface area contributed by atoms with E-state index in [-0.39, 0.29) is 17.5 Å². The van der Waals surface area contributed by atoms with Gasteiger partial charge in [0, 0.05) is 38.0 Å². The number of rotatable bonds is 4. The zero-order valence-electron chi connectivity index (χ0n) is 21.3. The zero-order valence-corrected chi connectivity index (χ0v) is 21.3. The Hall–Kier alpha value is -4.54. The summed E-state index contributed by atoms with van der Waals surface area (Å²) >= 11 is 0. The van der Waals surface area contributed by atoms with Gasteiger partial charge < -0.3 is 4.90 Å². The molecule has 1 aliphatic heterocycles. The van der Waals surface area contributed by atoms with Gasteiger partial charge in [0.25, 0.3) is 0 Å². The van der Waals surface area contributed by atoms with Crippen molar-refractivity contribution in [3.8, 4) is 17.2 Å². The van der Waals surface area contributed by atoms with Crippen LogP contribution in [0.2, 0.25) is 0 Å². The first-order valence-corrected chi connectivity index (χ1v) is 12.2. The van der Waals surface area contributed by atoms with Crippen molar-refractivity contribution in [1.82, 2.24) is 33.6 Å². The van der Waals surface area contributed by atoms with E-state index in [2.05, 4.69) is 5.10 Å². The second-order valence-corrected chi connectivity index (χ2v) is 9.68. The van der Waals surface area contributed by atoms with Crippen molar-refractivity contribution in [2.24, 2.45) is 7.05 Å². The van der Waals surface area contributed by atoms with Crippen LogP contribution in [-0.2, 0) is 18.3 Å². The molecule has 0 saturated carbocycles. The highest BCUT2D eigenvalue weighted by atomic mass is 19.1. The Morgan fingerprint density at radius 2 is 1.76 bits per heavy atom. The Labute approximate surface area is 216 Å². The summed E-state index contributed by atoms with van der Waals surface area (Å²) in [6.07, 6.45) is 5.76. The van der Waals surface area contributed by atoms with E-state index in [1.807, 2.05) is 6.92 Å². The number of hydrogen-bond donors (Lipinski definition) is 0. The molecule has 5 aromatic rings. The molecule has 11 heteroatoms. The monoisotopic (exact) mass is 517 g/mol. The fourth-order valence-electron chi connectivity index (χ4n) is 5.36. The van der Waals surface area contributed by atoms with Crippen LogP contribution in [0.1, 0.15) is 35.3 Å². The van der Waals surface area contributed by atoms with Crippen LogP contribution >= 0.6 is 0 Å². The van der Waals surface area contributed by atoms with Crippen molar-refractivity contribution >= 4 is 17.3 Å². The predicted octanol–water partition coefficient (Wildman–Crippen LogP) is 3.67. The number of imidazole rings is 1. The molecule has 0 saturated heterocycles. The molecule has 0 spiro atoms. The van der Waals surface area contributed by atoms with Crippen LogP contribution in [0.25, 0.3) is 28.1 Å². The van der Waals surface area contributed by atoms with E-state index in [4.69, 9.17) is 5.10 Å². The standard InChI is InChI=1S/C27H25F2N7O2/c1-15-11-18(12-16(2)24(15)28)36-26(23-17(3)33(14-37)8-7-20(23)31-36)35-10-9-34(27(35)38)22-6-5-21-19(25(22)29)13-30-32(21)4/h5-6,9-14,17H,7-8H2,1-4H3. The SMILES string of the molecule is Cc1cc(-n2nc3c(c2-n2ccn(-c4ccc5c(cnn5C)c4F)c2=O)C(C)N(C=O)CC3)cc(C)c1F. The fraction of sp³-hybridized carbons (Fsp3) is 0.259. The van der Waals surface area contributed by atoms with Gasteiger partial charge in [0.05, 0.1) is 40.2 Å². The van der Waals surface area contributed by atoms with Crippen molar-refractivity contribution in [3.63, 3.8) is 0 Å². The Morgan fingerprint density at radius 1 is 1.05 bits per heavy atom. The Morgan fingerprint density at radius 3 is 2.47 bits per heavy atom. The van der Waals surface area contributed by atoms with Gasteiger partial charge in [-0.15, -0.1) is 0 Å². The van der Waals surface area contributed by atoms with Crippen LogP contribution in [0.5, 0.6) is 0 Å². The lowest BCUT2D eigenvalue weighted by molar-refractivity contribution is -0.120. The van der Waals surface area contributed by atoms with Crippen molar-refractivity contribution in [3.05, 3.63) is 87.4 Å². The Kier molecular flexibility index (Phi) is 5.33. The van der Waals surface area contributed by atoms with Crippen LogP contribution in [0.15, 0.2) is 47.7 Å². The molecule has 4 heterocycles. The van der Waals surface area contributed by atoms with E-state index in [1.54, 1.807) is 65.6 Å². The van der Waals surface area contributed by atoms with Crippen LogP contribution < -0.4 is 5.69 Å². The maximum Gasteiger partial charge on any atom is 0.338 e. The van der Waals surface area contributed by atoms with Crippen LogP contribution in [0.4, 0.5) is 8.78 Å². The summed E-state index contributed by atoms with van der Waals surface area (Å²) in [5.74, 6) is -0.440. The minimum absolute atomic E-state index is 0.0882. The van der Waals surface area contributed by atoms with Crippen molar-refractivity contribution in [1.29, 1.82) is 0 Å². The first kappa shape index (κ1) is 23.8. The molecule has 6 rings (SSSR count). The average Bonchev–Trinajstić information content (AvgIpc) is 3.58. The van der Waals surface area contributed by atoms with Gasteiger partial charge in [-0.1, -0.05) is 0 Å². The number of nitrogens with zero attached hydrogens (tertiary/aromatic N) is 7. The number of hydrogen-bond acceptors (Lipinski definition) is 4.